The Morgan fingerprint density at radius 3 is 2.90 bits per heavy atom. The second-order valence-corrected chi connectivity index (χ2v) is 6.22. The number of fused-ring (bicyclic) bond motifs is 1. The second-order valence-electron chi connectivity index (χ2n) is 6.22. The van der Waals surface area contributed by atoms with E-state index in [1.54, 1.807) is 0 Å². The van der Waals surface area contributed by atoms with Crippen LogP contribution in [0.15, 0.2) is 24.3 Å². The summed E-state index contributed by atoms with van der Waals surface area (Å²) in [6.07, 6.45) is 2.31. The number of aromatic nitrogens is 4. The molecule has 0 fully saturated rings. The Morgan fingerprint density at radius 1 is 1.35 bits per heavy atom. The zero-order valence-corrected chi connectivity index (χ0v) is 12.2. The van der Waals surface area contributed by atoms with Crippen molar-refractivity contribution in [3.8, 4) is 0 Å². The number of hydrogen-bond acceptors (Lipinski definition) is 4. The molecular formula is C15H21N5. The number of nitrogens with zero attached hydrogens (tertiary/aromatic N) is 3. The first-order valence-electron chi connectivity index (χ1n) is 7.17. The summed E-state index contributed by atoms with van der Waals surface area (Å²) in [4.78, 5) is 0. The summed E-state index contributed by atoms with van der Waals surface area (Å²) in [5, 5.41) is 17.9. The first-order chi connectivity index (χ1) is 9.58. The van der Waals surface area contributed by atoms with E-state index in [1.165, 1.54) is 17.5 Å². The molecule has 1 aromatic heterocycles. The summed E-state index contributed by atoms with van der Waals surface area (Å²) in [5.74, 6) is 0.715. The second kappa shape index (κ2) is 4.98. The molecular weight excluding hydrogens is 250 g/mol. The van der Waals surface area contributed by atoms with Gasteiger partial charge < -0.3 is 5.32 Å². The third-order valence-corrected chi connectivity index (χ3v) is 4.32. The number of nitrogens with one attached hydrogen (secondary N) is 2. The molecule has 0 saturated carbocycles. The Kier molecular flexibility index (Phi) is 3.30. The highest BCUT2D eigenvalue weighted by atomic mass is 15.5. The van der Waals surface area contributed by atoms with Crippen molar-refractivity contribution in [2.45, 2.75) is 51.1 Å². The minimum atomic E-state index is 0.0908. The summed E-state index contributed by atoms with van der Waals surface area (Å²) in [5.41, 5.74) is 3.10. The van der Waals surface area contributed by atoms with Crippen LogP contribution in [0.1, 0.15) is 62.6 Å². The lowest BCUT2D eigenvalue weighted by Crippen LogP contribution is -2.34. The van der Waals surface area contributed by atoms with Gasteiger partial charge in [-0.25, -0.2) is 0 Å². The minimum absolute atomic E-state index is 0.0908. The molecule has 3 rings (SSSR count). The number of benzene rings is 1. The summed E-state index contributed by atoms with van der Waals surface area (Å²) in [6.45, 7) is 6.72. The van der Waals surface area contributed by atoms with E-state index in [0.29, 0.717) is 11.9 Å². The maximum Gasteiger partial charge on any atom is 0.191 e. The number of tetrazole rings is 1. The van der Waals surface area contributed by atoms with Crippen LogP contribution < -0.4 is 5.32 Å². The van der Waals surface area contributed by atoms with Gasteiger partial charge >= 0.3 is 0 Å². The average molecular weight is 271 g/mol. The van der Waals surface area contributed by atoms with Crippen LogP contribution in [0, 0.1) is 0 Å². The molecule has 5 heteroatoms. The summed E-state index contributed by atoms with van der Waals surface area (Å²) in [7, 11) is 0. The molecule has 106 valence electrons. The third kappa shape index (κ3) is 2.33. The molecule has 2 atom stereocenters. The molecule has 0 spiro atoms. The highest BCUT2D eigenvalue weighted by Crippen LogP contribution is 2.41. The maximum absolute atomic E-state index is 4.06. The Bertz CT molecular complexity index is 576. The first kappa shape index (κ1) is 13.2. The number of rotatable bonds is 3. The third-order valence-electron chi connectivity index (χ3n) is 4.32. The number of hydrogen-bond donors (Lipinski definition) is 2. The minimum Gasteiger partial charge on any atom is -0.300 e. The van der Waals surface area contributed by atoms with Gasteiger partial charge in [0, 0.05) is 6.04 Å². The van der Waals surface area contributed by atoms with Gasteiger partial charge in [0.1, 0.15) is 0 Å². The van der Waals surface area contributed by atoms with E-state index >= 15 is 0 Å². The predicted molar refractivity (Wildman–Crippen MR) is 77.2 cm³/mol. The van der Waals surface area contributed by atoms with E-state index in [2.05, 4.69) is 71.0 Å². The fourth-order valence-electron chi connectivity index (χ4n) is 3.11. The highest BCUT2D eigenvalue weighted by Gasteiger charge is 2.33. The summed E-state index contributed by atoms with van der Waals surface area (Å²) in [6, 6.07) is 9.18. The average Bonchev–Trinajstić information content (AvgIpc) is 2.96. The van der Waals surface area contributed by atoms with Crippen LogP contribution in [0.5, 0.6) is 0 Å². The maximum atomic E-state index is 4.06. The predicted octanol–water partition coefficient (Wildman–Crippen LogP) is 2.66. The first-order valence-corrected chi connectivity index (χ1v) is 7.17. The summed E-state index contributed by atoms with van der Waals surface area (Å²) < 4.78 is 0. The molecule has 1 aromatic carbocycles. The molecule has 0 amide bonds. The van der Waals surface area contributed by atoms with Crippen molar-refractivity contribution in [2.24, 2.45) is 0 Å². The zero-order chi connectivity index (χ0) is 14.2. The molecule has 0 saturated heterocycles. The van der Waals surface area contributed by atoms with E-state index in [9.17, 15) is 0 Å². The van der Waals surface area contributed by atoms with Crippen LogP contribution >= 0.6 is 0 Å². The van der Waals surface area contributed by atoms with Crippen molar-refractivity contribution in [2.75, 3.05) is 0 Å². The summed E-state index contributed by atoms with van der Waals surface area (Å²) >= 11 is 0. The van der Waals surface area contributed by atoms with E-state index in [0.717, 1.165) is 6.42 Å². The fraction of sp³-hybridized carbons (Fsp3) is 0.533. The molecule has 2 aromatic rings. The Balaban J connectivity index is 1.85. The van der Waals surface area contributed by atoms with Crippen molar-refractivity contribution in [1.29, 1.82) is 0 Å². The molecule has 1 heterocycles. The van der Waals surface area contributed by atoms with Gasteiger partial charge in [0.05, 0.1) is 6.04 Å². The molecule has 1 aliphatic rings. The topological polar surface area (TPSA) is 66.5 Å². The Labute approximate surface area is 119 Å². The lowest BCUT2D eigenvalue weighted by molar-refractivity contribution is 0.336. The monoisotopic (exact) mass is 271 g/mol. The van der Waals surface area contributed by atoms with Crippen LogP contribution in [0.25, 0.3) is 0 Å². The van der Waals surface area contributed by atoms with Crippen LogP contribution in [0.2, 0.25) is 0 Å². The molecule has 0 radical (unpaired) electrons. The van der Waals surface area contributed by atoms with E-state index in [4.69, 9.17) is 0 Å². The van der Waals surface area contributed by atoms with Gasteiger partial charge in [-0.05, 0) is 36.3 Å². The number of H-pyrrole nitrogens is 1. The SMILES string of the molecule is CC(NC1CCC(C)(C)c2ccccc21)c1nn[nH]n1. The Morgan fingerprint density at radius 2 is 2.15 bits per heavy atom. The van der Waals surface area contributed by atoms with Gasteiger partial charge in [0.25, 0.3) is 0 Å². The molecule has 2 N–H and O–H groups in total. The fourth-order valence-corrected chi connectivity index (χ4v) is 3.11. The molecule has 2 unspecified atom stereocenters. The quantitative estimate of drug-likeness (QED) is 0.900. The standard InChI is InChI=1S/C15H21N5/c1-10(14-17-19-20-18-14)16-13-8-9-15(2,3)12-7-5-4-6-11(12)13/h4-7,10,13,16H,8-9H2,1-3H3,(H,17,18,19,20). The lowest BCUT2D eigenvalue weighted by Gasteiger charge is -2.38. The number of aromatic amines is 1. The van der Waals surface area contributed by atoms with E-state index < -0.39 is 0 Å². The molecule has 20 heavy (non-hydrogen) atoms. The van der Waals surface area contributed by atoms with Crippen molar-refractivity contribution in [3.05, 3.63) is 41.2 Å². The van der Waals surface area contributed by atoms with Gasteiger partial charge in [0.15, 0.2) is 5.82 Å². The van der Waals surface area contributed by atoms with E-state index in [1.807, 2.05) is 0 Å². The van der Waals surface area contributed by atoms with Crippen LogP contribution in [-0.4, -0.2) is 20.6 Å². The molecule has 0 bridgehead atoms. The molecule has 5 nitrogen and oxygen atoms in total. The van der Waals surface area contributed by atoms with Gasteiger partial charge in [-0.15, -0.1) is 10.2 Å². The lowest BCUT2D eigenvalue weighted by atomic mass is 9.71. The zero-order valence-electron chi connectivity index (χ0n) is 12.2. The van der Waals surface area contributed by atoms with Crippen LogP contribution in [-0.2, 0) is 5.41 Å². The van der Waals surface area contributed by atoms with Gasteiger partial charge in [-0.2, -0.15) is 5.21 Å². The largest absolute Gasteiger partial charge is 0.300 e. The molecule has 0 aliphatic heterocycles. The van der Waals surface area contributed by atoms with Gasteiger partial charge in [-0.3, -0.25) is 0 Å². The van der Waals surface area contributed by atoms with Crippen molar-refractivity contribution >= 4 is 0 Å². The van der Waals surface area contributed by atoms with Crippen molar-refractivity contribution < 1.29 is 0 Å². The van der Waals surface area contributed by atoms with Crippen molar-refractivity contribution in [3.63, 3.8) is 0 Å². The highest BCUT2D eigenvalue weighted by molar-refractivity contribution is 5.38. The smallest absolute Gasteiger partial charge is 0.191 e. The molecule has 1 aliphatic carbocycles. The Hall–Kier alpha value is -1.75. The van der Waals surface area contributed by atoms with Crippen molar-refractivity contribution in [1.82, 2.24) is 25.9 Å². The van der Waals surface area contributed by atoms with Crippen LogP contribution in [0.3, 0.4) is 0 Å². The van der Waals surface area contributed by atoms with E-state index in [-0.39, 0.29) is 11.5 Å². The normalized spacial score (nSPS) is 22.2. The van der Waals surface area contributed by atoms with Crippen LogP contribution in [0.4, 0.5) is 0 Å². The van der Waals surface area contributed by atoms with Gasteiger partial charge in [-0.1, -0.05) is 43.3 Å². The van der Waals surface area contributed by atoms with Gasteiger partial charge in [0.2, 0.25) is 0 Å².